The Morgan fingerprint density at radius 3 is 2.65 bits per heavy atom. The number of nitrogens with zero attached hydrogens (tertiary/aromatic N) is 2. The van der Waals surface area contributed by atoms with Crippen molar-refractivity contribution in [2.45, 2.75) is 31.7 Å². The van der Waals surface area contributed by atoms with Crippen molar-refractivity contribution in [1.29, 1.82) is 0 Å². The minimum absolute atomic E-state index is 0.00349. The molecule has 1 N–H and O–H groups in total. The van der Waals surface area contributed by atoms with Gasteiger partial charge in [-0.1, -0.05) is 12.1 Å². The Hall–Kier alpha value is -1.35. The second-order valence-electron chi connectivity index (χ2n) is 4.70. The van der Waals surface area contributed by atoms with E-state index in [-0.39, 0.29) is 10.9 Å². The van der Waals surface area contributed by atoms with Gasteiger partial charge in [-0.05, 0) is 32.9 Å². The van der Waals surface area contributed by atoms with E-state index in [9.17, 15) is 0 Å². The second-order valence-corrected chi connectivity index (χ2v) is 5.36. The minimum Gasteiger partial charge on any atom is -0.363 e. The number of anilines is 1. The topological polar surface area (TPSA) is 37.8 Å². The summed E-state index contributed by atoms with van der Waals surface area (Å²) in [4.78, 5) is 8.53. The number of rotatable bonds is 3. The maximum absolute atomic E-state index is 6.16. The summed E-state index contributed by atoms with van der Waals surface area (Å²) in [6.45, 7) is 6.08. The van der Waals surface area contributed by atoms with E-state index in [1.165, 1.54) is 0 Å². The van der Waals surface area contributed by atoms with Crippen LogP contribution in [0, 0.1) is 0 Å². The Bertz CT molecular complexity index is 518. The Labute approximate surface area is 106 Å². The number of benzene rings is 1. The molecule has 0 bridgehead atoms. The zero-order chi connectivity index (χ0) is 12.5. The monoisotopic (exact) mass is 249 g/mol. The number of fused-ring (bicyclic) bond motifs is 1. The maximum Gasteiger partial charge on any atom is 0.137 e. The fourth-order valence-electron chi connectivity index (χ4n) is 1.51. The highest BCUT2D eigenvalue weighted by molar-refractivity contribution is 6.21. The molecule has 2 rings (SSSR count). The van der Waals surface area contributed by atoms with Crippen LogP contribution in [0.15, 0.2) is 30.6 Å². The molecule has 0 aliphatic heterocycles. The molecule has 3 nitrogen and oxygen atoms in total. The summed E-state index contributed by atoms with van der Waals surface area (Å²) < 4.78 is 0. The van der Waals surface area contributed by atoms with Crippen LogP contribution in [-0.2, 0) is 0 Å². The predicted molar refractivity (Wildman–Crippen MR) is 72.6 cm³/mol. The molecule has 0 aliphatic carbocycles. The molecule has 1 aromatic carbocycles. The summed E-state index contributed by atoms with van der Waals surface area (Å²) >= 11 is 6.16. The molecule has 90 valence electrons. The van der Waals surface area contributed by atoms with E-state index in [4.69, 9.17) is 11.6 Å². The molecule has 0 aliphatic rings. The van der Waals surface area contributed by atoms with Gasteiger partial charge in [0.05, 0.1) is 10.9 Å². The highest BCUT2D eigenvalue weighted by Gasteiger charge is 2.24. The van der Waals surface area contributed by atoms with Gasteiger partial charge >= 0.3 is 0 Å². The lowest BCUT2D eigenvalue weighted by Crippen LogP contribution is -2.39. The zero-order valence-corrected chi connectivity index (χ0v) is 11.0. The first-order valence-corrected chi connectivity index (χ1v) is 6.06. The van der Waals surface area contributed by atoms with Crippen molar-refractivity contribution in [2.75, 3.05) is 5.32 Å². The molecule has 1 aromatic heterocycles. The summed E-state index contributed by atoms with van der Waals surface area (Å²) in [6, 6.07) is 7.92. The molecule has 0 fully saturated rings. The lowest BCUT2D eigenvalue weighted by molar-refractivity contribution is 0.553. The molecular weight excluding hydrogens is 234 g/mol. The SMILES string of the molecule is CC(Cl)C(C)(C)Nc1ncnc2ccccc12. The summed E-state index contributed by atoms with van der Waals surface area (Å²) in [6.07, 6.45) is 1.57. The molecule has 4 heteroatoms. The van der Waals surface area contributed by atoms with Crippen LogP contribution < -0.4 is 5.32 Å². The van der Waals surface area contributed by atoms with Crippen LogP contribution in [0.25, 0.3) is 10.9 Å². The third-order valence-electron chi connectivity index (χ3n) is 2.98. The second kappa shape index (κ2) is 4.49. The van der Waals surface area contributed by atoms with E-state index in [1.807, 2.05) is 31.2 Å². The largest absolute Gasteiger partial charge is 0.363 e. The molecular formula is C13H16ClN3. The highest BCUT2D eigenvalue weighted by atomic mass is 35.5. The normalized spacial score (nSPS) is 13.6. The van der Waals surface area contributed by atoms with Gasteiger partial charge < -0.3 is 5.32 Å². The van der Waals surface area contributed by atoms with Crippen molar-refractivity contribution in [3.63, 3.8) is 0 Å². The quantitative estimate of drug-likeness (QED) is 0.847. The lowest BCUT2D eigenvalue weighted by atomic mass is 10.0. The van der Waals surface area contributed by atoms with Gasteiger partial charge in [-0.15, -0.1) is 11.6 Å². The van der Waals surface area contributed by atoms with Crippen LogP contribution in [0.3, 0.4) is 0 Å². The zero-order valence-electron chi connectivity index (χ0n) is 10.2. The van der Waals surface area contributed by atoms with Gasteiger partial charge in [0.25, 0.3) is 0 Å². The number of hydrogen-bond donors (Lipinski definition) is 1. The van der Waals surface area contributed by atoms with Crippen molar-refractivity contribution in [3.05, 3.63) is 30.6 Å². The fraction of sp³-hybridized carbons (Fsp3) is 0.385. The van der Waals surface area contributed by atoms with Crippen LogP contribution in [0.5, 0.6) is 0 Å². The van der Waals surface area contributed by atoms with E-state index < -0.39 is 0 Å². The predicted octanol–water partition coefficient (Wildman–Crippen LogP) is 3.45. The van der Waals surface area contributed by atoms with Gasteiger partial charge in [0.15, 0.2) is 0 Å². The first-order chi connectivity index (χ1) is 8.00. The first kappa shape index (κ1) is 12.1. The number of nitrogens with one attached hydrogen (secondary N) is 1. The van der Waals surface area contributed by atoms with Crippen molar-refractivity contribution in [1.82, 2.24) is 9.97 Å². The van der Waals surface area contributed by atoms with Crippen LogP contribution in [-0.4, -0.2) is 20.9 Å². The smallest absolute Gasteiger partial charge is 0.137 e. The van der Waals surface area contributed by atoms with E-state index in [1.54, 1.807) is 6.33 Å². The van der Waals surface area contributed by atoms with E-state index in [2.05, 4.69) is 29.1 Å². The third-order valence-corrected chi connectivity index (χ3v) is 3.52. The van der Waals surface area contributed by atoms with Gasteiger partial charge in [-0.3, -0.25) is 0 Å². The molecule has 0 saturated carbocycles. The number of aromatic nitrogens is 2. The molecule has 2 aromatic rings. The number of halogens is 1. The Morgan fingerprint density at radius 2 is 1.94 bits per heavy atom. The van der Waals surface area contributed by atoms with Crippen LogP contribution in [0.1, 0.15) is 20.8 Å². The van der Waals surface area contributed by atoms with Crippen LogP contribution in [0.2, 0.25) is 0 Å². The lowest BCUT2D eigenvalue weighted by Gasteiger charge is -2.29. The van der Waals surface area contributed by atoms with Crippen molar-refractivity contribution < 1.29 is 0 Å². The Balaban J connectivity index is 2.43. The molecule has 0 saturated heterocycles. The van der Waals surface area contributed by atoms with Gasteiger partial charge in [0.1, 0.15) is 12.1 Å². The molecule has 1 unspecified atom stereocenters. The molecule has 0 radical (unpaired) electrons. The summed E-state index contributed by atoms with van der Waals surface area (Å²) in [7, 11) is 0. The van der Waals surface area contributed by atoms with Gasteiger partial charge in [-0.2, -0.15) is 0 Å². The molecule has 1 atom stereocenters. The molecule has 0 amide bonds. The van der Waals surface area contributed by atoms with Crippen LogP contribution in [0.4, 0.5) is 5.82 Å². The number of alkyl halides is 1. The van der Waals surface area contributed by atoms with Crippen molar-refractivity contribution in [3.8, 4) is 0 Å². The summed E-state index contributed by atoms with van der Waals surface area (Å²) in [5.41, 5.74) is 0.710. The first-order valence-electron chi connectivity index (χ1n) is 5.63. The average molecular weight is 250 g/mol. The van der Waals surface area contributed by atoms with Crippen molar-refractivity contribution in [2.24, 2.45) is 0 Å². The van der Waals surface area contributed by atoms with Crippen LogP contribution >= 0.6 is 11.6 Å². The standard InChI is InChI=1S/C13H16ClN3/c1-9(14)13(2,3)17-12-10-6-4-5-7-11(10)15-8-16-12/h4-9H,1-3H3,(H,15,16,17). The molecule has 0 spiro atoms. The summed E-state index contributed by atoms with van der Waals surface area (Å²) in [5, 5.41) is 4.39. The number of para-hydroxylation sites is 1. The van der Waals surface area contributed by atoms with Gasteiger partial charge in [0, 0.05) is 10.9 Å². The Kier molecular flexibility index (Phi) is 3.20. The van der Waals surface area contributed by atoms with Gasteiger partial charge in [-0.25, -0.2) is 9.97 Å². The van der Waals surface area contributed by atoms with E-state index >= 15 is 0 Å². The Morgan fingerprint density at radius 1 is 1.24 bits per heavy atom. The third kappa shape index (κ3) is 2.50. The summed E-state index contributed by atoms with van der Waals surface area (Å²) in [5.74, 6) is 0.827. The molecule has 17 heavy (non-hydrogen) atoms. The van der Waals surface area contributed by atoms with Gasteiger partial charge in [0.2, 0.25) is 0 Å². The van der Waals surface area contributed by atoms with E-state index in [0.717, 1.165) is 16.7 Å². The maximum atomic E-state index is 6.16. The average Bonchev–Trinajstić information content (AvgIpc) is 2.29. The minimum atomic E-state index is -0.224. The van der Waals surface area contributed by atoms with Crippen molar-refractivity contribution >= 4 is 28.3 Å². The molecule has 1 heterocycles. The van der Waals surface area contributed by atoms with E-state index in [0.29, 0.717) is 0 Å². The highest BCUT2D eigenvalue weighted by Crippen LogP contribution is 2.25. The number of hydrogen-bond acceptors (Lipinski definition) is 3. The fourth-order valence-corrected chi connectivity index (χ4v) is 1.56.